The summed E-state index contributed by atoms with van der Waals surface area (Å²) in [5.41, 5.74) is 1.31. The fourth-order valence-electron chi connectivity index (χ4n) is 4.73. The number of alkyl halides is 2. The standard InChI is InChI=1S/C24H32ClF2N5O3.O2S/c1-4-32-22(20(25)21(30-32)23(33)29-10-15-7-5-14(2)6-8-15)17-11-28-19(9-18(17)34-3)31-12-16(13-31)35-24(26)27;1-3-2/h9,11,14-16,24H,4-8,10,12-13H2,1-3H3,(H,29,33);. The van der Waals surface area contributed by atoms with Crippen LogP contribution < -0.4 is 15.0 Å². The van der Waals surface area contributed by atoms with Crippen LogP contribution in [0, 0.1) is 11.8 Å². The summed E-state index contributed by atoms with van der Waals surface area (Å²) in [6.07, 6.45) is 5.69. The molecule has 14 heteroatoms. The third-order valence-electron chi connectivity index (χ3n) is 6.89. The van der Waals surface area contributed by atoms with Crippen molar-refractivity contribution in [1.82, 2.24) is 20.1 Å². The minimum atomic E-state index is -2.79. The van der Waals surface area contributed by atoms with E-state index in [9.17, 15) is 13.6 Å². The van der Waals surface area contributed by atoms with Gasteiger partial charge in [-0.15, -0.1) is 0 Å². The molecule has 0 unspecified atom stereocenters. The highest BCUT2D eigenvalue weighted by molar-refractivity contribution is 7.51. The van der Waals surface area contributed by atoms with E-state index in [4.69, 9.17) is 24.8 Å². The number of hydrogen-bond donors (Lipinski definition) is 1. The number of amides is 1. The van der Waals surface area contributed by atoms with E-state index < -0.39 is 24.3 Å². The molecular weight excluding hydrogens is 544 g/mol. The van der Waals surface area contributed by atoms with Crippen LogP contribution in [0.3, 0.4) is 0 Å². The van der Waals surface area contributed by atoms with E-state index in [0.29, 0.717) is 54.9 Å². The number of rotatable bonds is 9. The first-order chi connectivity index (χ1) is 18.2. The van der Waals surface area contributed by atoms with Gasteiger partial charge in [0.2, 0.25) is 0 Å². The van der Waals surface area contributed by atoms with Gasteiger partial charge in [0.05, 0.1) is 29.5 Å². The molecule has 0 radical (unpaired) electrons. The smallest absolute Gasteiger partial charge is 0.345 e. The topological polar surface area (TPSA) is 116 Å². The Morgan fingerprint density at radius 2 is 1.92 bits per heavy atom. The van der Waals surface area contributed by atoms with Crippen LogP contribution in [0.2, 0.25) is 5.02 Å². The first-order valence-electron chi connectivity index (χ1n) is 12.4. The number of carbonyl (C=O) groups excluding carboxylic acids is 1. The number of ether oxygens (including phenoxy) is 2. The van der Waals surface area contributed by atoms with Gasteiger partial charge in [-0.05, 0) is 31.6 Å². The number of hydrogen-bond acceptors (Lipinski definition) is 8. The average molecular weight is 576 g/mol. The summed E-state index contributed by atoms with van der Waals surface area (Å²) in [7, 11) is 1.53. The zero-order valence-corrected chi connectivity index (χ0v) is 23.1. The number of nitrogens with zero attached hydrogens (tertiary/aromatic N) is 4. The molecule has 2 aromatic heterocycles. The summed E-state index contributed by atoms with van der Waals surface area (Å²) in [5.74, 6) is 2.01. The number of anilines is 1. The summed E-state index contributed by atoms with van der Waals surface area (Å²) in [6.45, 7) is 3.13. The van der Waals surface area contributed by atoms with Crippen molar-refractivity contribution in [3.63, 3.8) is 0 Å². The van der Waals surface area contributed by atoms with Crippen molar-refractivity contribution in [3.8, 4) is 17.0 Å². The van der Waals surface area contributed by atoms with E-state index in [1.54, 1.807) is 16.9 Å². The van der Waals surface area contributed by atoms with Gasteiger partial charge in [-0.25, -0.2) is 4.98 Å². The minimum Gasteiger partial charge on any atom is -0.496 e. The molecule has 1 aliphatic carbocycles. The molecule has 1 amide bonds. The van der Waals surface area contributed by atoms with Gasteiger partial charge in [0.1, 0.15) is 11.6 Å². The zero-order valence-electron chi connectivity index (χ0n) is 21.5. The Morgan fingerprint density at radius 1 is 1.26 bits per heavy atom. The molecule has 10 nitrogen and oxygen atoms in total. The Hall–Kier alpha value is -2.64. The van der Waals surface area contributed by atoms with Crippen LogP contribution in [-0.2, 0) is 22.9 Å². The third kappa shape index (κ3) is 7.26. The van der Waals surface area contributed by atoms with Gasteiger partial charge in [-0.1, -0.05) is 31.4 Å². The number of nitrogens with one attached hydrogen (secondary N) is 1. The van der Waals surface area contributed by atoms with E-state index in [-0.39, 0.29) is 16.6 Å². The molecular formula is C24H32ClF2N5O5S. The monoisotopic (exact) mass is 575 g/mol. The van der Waals surface area contributed by atoms with Crippen LogP contribution in [0.25, 0.3) is 11.3 Å². The molecule has 2 aromatic rings. The van der Waals surface area contributed by atoms with Crippen LogP contribution in [0.4, 0.5) is 14.6 Å². The number of pyridine rings is 1. The average Bonchev–Trinajstić information content (AvgIpc) is 3.21. The SMILES string of the molecule is CCn1nc(C(=O)NCC2CCC(C)CC2)c(Cl)c1-c1cnc(N2CC(OC(F)F)C2)cc1OC.O=S=O. The molecule has 38 heavy (non-hydrogen) atoms. The Balaban J connectivity index is 0.00000127. The van der Waals surface area contributed by atoms with Gasteiger partial charge in [-0.3, -0.25) is 9.48 Å². The lowest BCUT2D eigenvalue weighted by Crippen LogP contribution is -2.53. The van der Waals surface area contributed by atoms with E-state index in [1.807, 2.05) is 11.8 Å². The van der Waals surface area contributed by atoms with Crippen molar-refractivity contribution in [2.75, 3.05) is 31.6 Å². The van der Waals surface area contributed by atoms with Crippen molar-refractivity contribution in [2.45, 2.75) is 58.8 Å². The number of carbonyl (C=O) groups is 1. The van der Waals surface area contributed by atoms with Crippen LogP contribution in [-0.4, -0.2) is 68.5 Å². The Bertz CT molecular complexity index is 1130. The Morgan fingerprint density at radius 3 is 2.50 bits per heavy atom. The summed E-state index contributed by atoms with van der Waals surface area (Å²) in [5, 5.41) is 7.72. The number of halogens is 3. The lowest BCUT2D eigenvalue weighted by Gasteiger charge is -2.39. The van der Waals surface area contributed by atoms with Crippen molar-refractivity contribution in [3.05, 3.63) is 23.0 Å². The zero-order chi connectivity index (χ0) is 27.8. The van der Waals surface area contributed by atoms with E-state index in [2.05, 4.69) is 27.1 Å². The second kappa shape index (κ2) is 13.9. The van der Waals surface area contributed by atoms with Crippen molar-refractivity contribution < 1.29 is 31.5 Å². The lowest BCUT2D eigenvalue weighted by molar-refractivity contribution is -0.167. The summed E-state index contributed by atoms with van der Waals surface area (Å²) >= 11 is 5.94. The van der Waals surface area contributed by atoms with E-state index >= 15 is 0 Å². The molecule has 2 fully saturated rings. The van der Waals surface area contributed by atoms with Crippen LogP contribution in [0.15, 0.2) is 12.3 Å². The van der Waals surface area contributed by atoms with E-state index in [1.165, 1.54) is 20.0 Å². The second-order valence-corrected chi connectivity index (χ2v) is 9.91. The molecule has 0 atom stereocenters. The van der Waals surface area contributed by atoms with Gasteiger partial charge in [0.25, 0.3) is 5.91 Å². The molecule has 2 aliphatic rings. The van der Waals surface area contributed by atoms with Gasteiger partial charge < -0.3 is 19.7 Å². The summed E-state index contributed by atoms with van der Waals surface area (Å²) in [4.78, 5) is 19.2. The molecule has 0 bridgehead atoms. The van der Waals surface area contributed by atoms with Crippen LogP contribution >= 0.6 is 11.6 Å². The Kier molecular flexibility index (Phi) is 11.0. The first kappa shape index (κ1) is 29.9. The normalized spacial score (nSPS) is 19.4. The van der Waals surface area contributed by atoms with Crippen LogP contribution in [0.1, 0.15) is 50.0 Å². The van der Waals surface area contributed by atoms with Crippen molar-refractivity contribution >= 4 is 34.9 Å². The highest BCUT2D eigenvalue weighted by atomic mass is 35.5. The molecule has 4 rings (SSSR count). The molecule has 3 heterocycles. The molecule has 210 valence electrons. The summed E-state index contributed by atoms with van der Waals surface area (Å²) < 4.78 is 53.1. The fraction of sp³-hybridized carbons (Fsp3) is 0.625. The fourth-order valence-corrected chi connectivity index (χ4v) is 5.05. The predicted octanol–water partition coefficient (Wildman–Crippen LogP) is 3.94. The van der Waals surface area contributed by atoms with Crippen LogP contribution in [0.5, 0.6) is 5.75 Å². The molecule has 1 N–H and O–H groups in total. The number of methoxy groups -OCH3 is 1. The van der Waals surface area contributed by atoms with E-state index in [0.717, 1.165) is 18.8 Å². The minimum absolute atomic E-state index is 0.175. The predicted molar refractivity (Wildman–Crippen MR) is 138 cm³/mol. The first-order valence-corrected chi connectivity index (χ1v) is 13.5. The highest BCUT2D eigenvalue weighted by Gasteiger charge is 2.32. The summed E-state index contributed by atoms with van der Waals surface area (Å²) in [6, 6.07) is 1.72. The van der Waals surface area contributed by atoms with Gasteiger partial charge in [-0.2, -0.15) is 22.3 Å². The lowest BCUT2D eigenvalue weighted by atomic mass is 9.83. The maximum Gasteiger partial charge on any atom is 0.345 e. The number of aromatic nitrogens is 3. The molecule has 0 spiro atoms. The quantitative estimate of drug-likeness (QED) is 0.478. The van der Waals surface area contributed by atoms with Crippen molar-refractivity contribution in [2.24, 2.45) is 11.8 Å². The van der Waals surface area contributed by atoms with Gasteiger partial charge in [0, 0.05) is 38.4 Å². The Labute approximate surface area is 228 Å². The highest BCUT2D eigenvalue weighted by Crippen LogP contribution is 2.38. The second-order valence-electron chi connectivity index (χ2n) is 9.40. The third-order valence-corrected chi connectivity index (χ3v) is 7.25. The maximum atomic E-state index is 12.9. The maximum absolute atomic E-state index is 12.9. The number of aryl methyl sites for hydroxylation is 1. The van der Waals surface area contributed by atoms with Gasteiger partial charge >= 0.3 is 18.2 Å². The largest absolute Gasteiger partial charge is 0.496 e. The molecule has 1 aliphatic heterocycles. The molecule has 1 saturated carbocycles. The molecule has 0 aromatic carbocycles. The molecule has 1 saturated heterocycles. The van der Waals surface area contributed by atoms with Gasteiger partial charge in [0.15, 0.2) is 5.69 Å². The van der Waals surface area contributed by atoms with Crippen molar-refractivity contribution in [1.29, 1.82) is 0 Å².